The van der Waals surface area contributed by atoms with Gasteiger partial charge in [-0.25, -0.2) is 23.6 Å². The molecule has 3 amide bonds. The van der Waals surface area contributed by atoms with Crippen LogP contribution >= 0.6 is 0 Å². The molecule has 0 saturated carbocycles. The number of carbonyl (C=O) groups is 6. The summed E-state index contributed by atoms with van der Waals surface area (Å²) in [6.45, 7) is 22.9. The van der Waals surface area contributed by atoms with Crippen molar-refractivity contribution >= 4 is 58.0 Å². The van der Waals surface area contributed by atoms with Gasteiger partial charge in [0.25, 0.3) is 0 Å². The summed E-state index contributed by atoms with van der Waals surface area (Å²) < 4.78 is 77.2. The maximum absolute atomic E-state index is 15.3. The Morgan fingerprint density at radius 1 is 0.698 bits per heavy atom. The van der Waals surface area contributed by atoms with Gasteiger partial charge in [-0.05, 0) is 140 Å². The lowest BCUT2D eigenvalue weighted by molar-refractivity contribution is -0.164. The number of esters is 3. The van der Waals surface area contributed by atoms with Gasteiger partial charge in [-0.3, -0.25) is 14.9 Å². The highest BCUT2D eigenvalue weighted by molar-refractivity contribution is 7.87. The van der Waals surface area contributed by atoms with Crippen LogP contribution in [0.2, 0.25) is 0 Å². The molecule has 1 atom stereocenters. The summed E-state index contributed by atoms with van der Waals surface area (Å²) in [5.74, 6) is -4.81. The molecule has 350 valence electrons. The smallest absolute Gasteiger partial charge is 0.437 e. The molecule has 0 bridgehead atoms. The van der Waals surface area contributed by atoms with Crippen molar-refractivity contribution in [1.29, 1.82) is 0 Å². The van der Waals surface area contributed by atoms with Crippen LogP contribution in [0.4, 0.5) is 24.5 Å². The van der Waals surface area contributed by atoms with Gasteiger partial charge in [0.2, 0.25) is 5.96 Å². The first-order valence-corrected chi connectivity index (χ1v) is 21.0. The van der Waals surface area contributed by atoms with Gasteiger partial charge in [-0.2, -0.15) is 17.4 Å². The van der Waals surface area contributed by atoms with E-state index in [-0.39, 0.29) is 17.0 Å². The first-order chi connectivity index (χ1) is 28.4. The van der Waals surface area contributed by atoms with E-state index in [0.29, 0.717) is 4.31 Å². The molecule has 0 heterocycles. The molecule has 0 unspecified atom stereocenters. The third kappa shape index (κ3) is 20.7. The number of benzene rings is 2. The van der Waals surface area contributed by atoms with Crippen molar-refractivity contribution in [2.45, 2.75) is 151 Å². The second-order valence-electron chi connectivity index (χ2n) is 18.9. The second-order valence-corrected chi connectivity index (χ2v) is 20.5. The largest absolute Gasteiger partial charge is 0.460 e. The van der Waals surface area contributed by atoms with Crippen LogP contribution in [-0.4, -0.2) is 88.9 Å². The van der Waals surface area contributed by atoms with Crippen LogP contribution in [0.1, 0.15) is 126 Å². The van der Waals surface area contributed by atoms with Gasteiger partial charge in [-0.1, -0.05) is 12.1 Å². The standard InChI is InChI=1S/C42H60FN5O14S/c1-38(2,3)58-31(49)23-30(33(51)59-39(4,5)6)47-63(55,56)48(37(54)62-42(13,14)15)24-25-16-19-27(20-17-25)57-32(50)28-21-18-26(22-29(28)43)44-34(45-35(52)60-40(7,8)9)46-36(53)61-41(10,11)12/h16-22,30,47H,23-24H2,1-15H3,(H2,44,45,46,52,53)/t30-/m0/s1. The minimum Gasteiger partial charge on any atom is -0.460 e. The molecule has 2 aromatic carbocycles. The van der Waals surface area contributed by atoms with Crippen molar-refractivity contribution in [2.24, 2.45) is 4.99 Å². The molecule has 0 fully saturated rings. The van der Waals surface area contributed by atoms with Gasteiger partial charge in [-0.15, -0.1) is 4.99 Å². The van der Waals surface area contributed by atoms with E-state index in [1.807, 2.05) is 0 Å². The lowest BCUT2D eigenvalue weighted by Crippen LogP contribution is -2.52. The van der Waals surface area contributed by atoms with Gasteiger partial charge in [0.1, 0.15) is 45.6 Å². The Kier molecular flexibility index (Phi) is 17.4. The Morgan fingerprint density at radius 2 is 1.22 bits per heavy atom. The SMILES string of the molecule is CC(C)(C)OC(=O)C[C@H](NS(=O)(=O)N(Cc1ccc(OC(=O)c2ccc(NC(=NC(=O)OC(C)(C)C)NC(=O)OC(C)(C)C)cc2F)cc1)C(=O)OC(C)(C)C)C(=O)OC(C)(C)C. The lowest BCUT2D eigenvalue weighted by atomic mass is 10.1. The maximum atomic E-state index is 15.3. The molecule has 3 N–H and O–H groups in total. The number of ether oxygens (including phenoxy) is 6. The third-order valence-corrected chi connectivity index (χ3v) is 8.23. The van der Waals surface area contributed by atoms with Crippen molar-refractivity contribution in [3.63, 3.8) is 0 Å². The van der Waals surface area contributed by atoms with E-state index in [1.165, 1.54) is 51.1 Å². The zero-order valence-corrected chi connectivity index (χ0v) is 39.2. The van der Waals surface area contributed by atoms with Crippen molar-refractivity contribution in [3.8, 4) is 5.75 Å². The zero-order valence-electron chi connectivity index (χ0n) is 38.4. The van der Waals surface area contributed by atoms with E-state index >= 15 is 4.39 Å². The molecule has 2 rings (SSSR count). The summed E-state index contributed by atoms with van der Waals surface area (Å²) in [5, 5.41) is 4.84. The Labute approximate surface area is 367 Å². The molecule has 2 aromatic rings. The highest BCUT2D eigenvalue weighted by atomic mass is 32.2. The van der Waals surface area contributed by atoms with Gasteiger partial charge in [0.15, 0.2) is 0 Å². The minimum absolute atomic E-state index is 0.0481. The summed E-state index contributed by atoms with van der Waals surface area (Å²) in [6.07, 6.45) is -4.17. The number of aliphatic imine (C=N–C) groups is 1. The summed E-state index contributed by atoms with van der Waals surface area (Å²) >= 11 is 0. The molecule has 0 aliphatic heterocycles. The van der Waals surface area contributed by atoms with E-state index in [0.717, 1.165) is 12.1 Å². The molecule has 0 radical (unpaired) electrons. The molecular formula is C42H60FN5O14S. The molecule has 19 nitrogen and oxygen atoms in total. The topological polar surface area (TPSA) is 244 Å². The Bertz CT molecular complexity index is 2140. The molecule has 0 saturated heterocycles. The van der Waals surface area contributed by atoms with E-state index in [9.17, 15) is 37.2 Å². The van der Waals surface area contributed by atoms with Crippen molar-refractivity contribution in [2.75, 3.05) is 5.32 Å². The van der Waals surface area contributed by atoms with Gasteiger partial charge in [0, 0.05) is 5.69 Å². The molecule has 0 spiro atoms. The van der Waals surface area contributed by atoms with Crippen LogP contribution in [0.15, 0.2) is 47.5 Å². The number of alkyl carbamates (subject to hydrolysis) is 1. The van der Waals surface area contributed by atoms with Crippen molar-refractivity contribution < 1.29 is 70.0 Å². The third-order valence-electron chi connectivity index (χ3n) is 6.79. The number of nitrogens with one attached hydrogen (secondary N) is 3. The van der Waals surface area contributed by atoms with Crippen LogP contribution in [0.25, 0.3) is 0 Å². The Balaban J connectivity index is 2.36. The number of rotatable bonds is 11. The van der Waals surface area contributed by atoms with Crippen LogP contribution in [0, 0.1) is 5.82 Å². The predicted molar refractivity (Wildman–Crippen MR) is 228 cm³/mol. The Morgan fingerprint density at radius 3 is 1.71 bits per heavy atom. The number of guanidine groups is 1. The maximum Gasteiger partial charge on any atom is 0.437 e. The van der Waals surface area contributed by atoms with E-state index < -0.39 is 111 Å². The normalized spacial score (nSPS) is 13.2. The fraction of sp³-hybridized carbons (Fsp3) is 0.548. The molecular weight excluding hydrogens is 850 g/mol. The fourth-order valence-electron chi connectivity index (χ4n) is 4.65. The highest BCUT2D eigenvalue weighted by Gasteiger charge is 2.38. The van der Waals surface area contributed by atoms with Crippen LogP contribution in [0.3, 0.4) is 0 Å². The molecule has 0 aromatic heterocycles. The average molecular weight is 910 g/mol. The number of amides is 3. The van der Waals surface area contributed by atoms with E-state index in [2.05, 4.69) is 20.3 Å². The first-order valence-electron chi connectivity index (χ1n) is 19.6. The average Bonchev–Trinajstić information content (AvgIpc) is 3.03. The Hall–Kier alpha value is -5.83. The molecule has 63 heavy (non-hydrogen) atoms. The highest BCUT2D eigenvalue weighted by Crippen LogP contribution is 2.23. The van der Waals surface area contributed by atoms with Crippen LogP contribution < -0.4 is 20.1 Å². The molecule has 0 aliphatic rings. The predicted octanol–water partition coefficient (Wildman–Crippen LogP) is 7.29. The minimum atomic E-state index is -4.98. The van der Waals surface area contributed by atoms with Crippen molar-refractivity contribution in [1.82, 2.24) is 14.3 Å². The summed E-state index contributed by atoms with van der Waals surface area (Å²) in [6, 6.07) is 6.50. The van der Waals surface area contributed by atoms with Gasteiger partial charge < -0.3 is 33.7 Å². The van der Waals surface area contributed by atoms with E-state index in [4.69, 9.17) is 28.4 Å². The quantitative estimate of drug-likeness (QED) is 0.0659. The first kappa shape index (κ1) is 53.3. The number of hydrogen-bond acceptors (Lipinski definition) is 14. The van der Waals surface area contributed by atoms with Gasteiger partial charge >= 0.3 is 46.4 Å². The number of nitrogens with zero attached hydrogens (tertiary/aromatic N) is 2. The second kappa shape index (κ2) is 20.6. The van der Waals surface area contributed by atoms with Gasteiger partial charge in [0.05, 0.1) is 18.5 Å². The zero-order chi connectivity index (χ0) is 48.5. The summed E-state index contributed by atoms with van der Waals surface area (Å²) in [4.78, 5) is 80.9. The molecule has 0 aliphatic carbocycles. The fourth-order valence-corrected chi connectivity index (χ4v) is 5.87. The summed E-state index contributed by atoms with van der Waals surface area (Å²) in [5.41, 5.74) is -5.45. The lowest BCUT2D eigenvalue weighted by Gasteiger charge is -2.29. The number of anilines is 1. The number of halogens is 1. The molecule has 21 heteroatoms. The summed E-state index contributed by atoms with van der Waals surface area (Å²) in [7, 11) is -4.98. The van der Waals surface area contributed by atoms with E-state index in [1.54, 1.807) is 83.1 Å². The van der Waals surface area contributed by atoms with Crippen molar-refractivity contribution in [3.05, 3.63) is 59.4 Å². The van der Waals surface area contributed by atoms with Crippen LogP contribution in [0.5, 0.6) is 5.75 Å². The number of hydrogen-bond donors (Lipinski definition) is 3. The number of carbonyl (C=O) groups excluding carboxylic acids is 6. The monoisotopic (exact) mass is 909 g/mol. The van der Waals surface area contributed by atoms with Crippen LogP contribution in [-0.2, 0) is 50.0 Å².